The average molecular weight is 1470 g/mol. The van der Waals surface area contributed by atoms with Gasteiger partial charge in [-0.1, -0.05) is 370 Å². The summed E-state index contributed by atoms with van der Waals surface area (Å²) in [7, 11) is -9.92. The van der Waals surface area contributed by atoms with Crippen molar-refractivity contribution in [2.75, 3.05) is 39.6 Å². The monoisotopic (exact) mass is 1470 g/mol. The van der Waals surface area contributed by atoms with Gasteiger partial charge in [0.1, 0.15) is 19.3 Å². The van der Waals surface area contributed by atoms with E-state index < -0.39 is 97.5 Å². The molecule has 0 spiro atoms. The van der Waals surface area contributed by atoms with Crippen molar-refractivity contribution >= 4 is 39.5 Å². The SMILES string of the molecule is CCCCCCCCCCCCCCCCCCCCCCC(=O)O[C@H](COC(=O)CCCCCCCCCCCCCCCCCC(C)C)COP(=O)(O)OC[C@@H](O)COP(=O)(O)OC[C@@H](COC(=O)CCCCCCCCC(C)C)OC(=O)CCCCCCCCCCCCC(C)C. The van der Waals surface area contributed by atoms with Crippen molar-refractivity contribution < 1.29 is 80.2 Å². The quantitative estimate of drug-likeness (QED) is 0.0222. The summed E-state index contributed by atoms with van der Waals surface area (Å²) in [6.07, 6.45) is 59.9. The number of phosphoric ester groups is 2. The van der Waals surface area contributed by atoms with Crippen molar-refractivity contribution in [3.8, 4) is 0 Å². The van der Waals surface area contributed by atoms with Crippen molar-refractivity contribution in [3.05, 3.63) is 0 Å². The van der Waals surface area contributed by atoms with Crippen molar-refractivity contribution in [3.63, 3.8) is 0 Å². The molecule has 0 aliphatic rings. The molecule has 0 fully saturated rings. The van der Waals surface area contributed by atoms with Crippen molar-refractivity contribution in [1.29, 1.82) is 0 Å². The first-order chi connectivity index (χ1) is 48.2. The third-order valence-electron chi connectivity index (χ3n) is 18.9. The molecule has 0 heterocycles. The van der Waals surface area contributed by atoms with Crippen LogP contribution in [-0.4, -0.2) is 96.7 Å². The van der Waals surface area contributed by atoms with Gasteiger partial charge in [0, 0.05) is 25.7 Å². The van der Waals surface area contributed by atoms with Crippen LogP contribution in [0.15, 0.2) is 0 Å². The predicted octanol–water partition coefficient (Wildman–Crippen LogP) is 24.1. The highest BCUT2D eigenvalue weighted by Gasteiger charge is 2.30. The summed E-state index contributed by atoms with van der Waals surface area (Å²) in [5.74, 6) is 0.123. The molecule has 0 amide bonds. The molecule has 0 rings (SSSR count). The van der Waals surface area contributed by atoms with Gasteiger partial charge in [0.05, 0.1) is 26.4 Å². The van der Waals surface area contributed by atoms with E-state index in [4.69, 9.17) is 37.0 Å². The first kappa shape index (κ1) is 98.1. The lowest BCUT2D eigenvalue weighted by atomic mass is 10.0. The zero-order chi connectivity index (χ0) is 73.7. The van der Waals surface area contributed by atoms with E-state index in [1.165, 1.54) is 225 Å². The van der Waals surface area contributed by atoms with Gasteiger partial charge in [0.15, 0.2) is 12.2 Å². The second-order valence-corrected chi connectivity index (χ2v) is 33.5. The molecular formula is C81H158O17P2. The number of aliphatic hydroxyl groups excluding tert-OH is 1. The number of carbonyl (C=O) groups is 4. The molecule has 3 N–H and O–H groups in total. The molecule has 0 bridgehead atoms. The van der Waals surface area contributed by atoms with E-state index >= 15 is 0 Å². The number of carbonyl (C=O) groups excluding carboxylic acids is 4. The number of phosphoric acid groups is 2. The number of ether oxygens (including phenoxy) is 4. The fraction of sp³-hybridized carbons (Fsp3) is 0.951. The number of aliphatic hydroxyl groups is 1. The molecule has 17 nitrogen and oxygen atoms in total. The van der Waals surface area contributed by atoms with Gasteiger partial charge in [-0.05, 0) is 43.4 Å². The summed E-state index contributed by atoms with van der Waals surface area (Å²) >= 11 is 0. The van der Waals surface area contributed by atoms with E-state index in [-0.39, 0.29) is 25.7 Å². The molecule has 5 atom stereocenters. The molecule has 0 saturated carbocycles. The lowest BCUT2D eigenvalue weighted by Crippen LogP contribution is -2.30. The van der Waals surface area contributed by atoms with E-state index in [1.807, 2.05) is 0 Å². The Morgan fingerprint density at radius 3 is 0.680 bits per heavy atom. The molecule has 0 radical (unpaired) electrons. The Labute approximate surface area is 613 Å². The second kappa shape index (κ2) is 71.3. The van der Waals surface area contributed by atoms with Crippen molar-refractivity contribution in [2.24, 2.45) is 17.8 Å². The first-order valence-corrected chi connectivity index (χ1v) is 44.8. The molecular weight excluding hydrogens is 1310 g/mol. The molecule has 594 valence electrons. The number of hydrogen-bond donors (Lipinski definition) is 3. The highest BCUT2D eigenvalue weighted by atomic mass is 31.2. The van der Waals surface area contributed by atoms with E-state index in [0.29, 0.717) is 31.6 Å². The summed E-state index contributed by atoms with van der Waals surface area (Å²) in [5.41, 5.74) is 0. The third-order valence-corrected chi connectivity index (χ3v) is 20.8. The van der Waals surface area contributed by atoms with Crippen LogP contribution in [0.2, 0.25) is 0 Å². The average Bonchev–Trinajstić information content (AvgIpc) is 1.20. The predicted molar refractivity (Wildman–Crippen MR) is 409 cm³/mol. The maximum atomic E-state index is 13.1. The minimum absolute atomic E-state index is 0.105. The highest BCUT2D eigenvalue weighted by Crippen LogP contribution is 2.45. The van der Waals surface area contributed by atoms with Crippen LogP contribution in [0.3, 0.4) is 0 Å². The first-order valence-electron chi connectivity index (χ1n) is 41.8. The Hall–Kier alpha value is -1.94. The van der Waals surface area contributed by atoms with Gasteiger partial charge in [-0.3, -0.25) is 37.3 Å². The Kier molecular flexibility index (Phi) is 69.9. The van der Waals surface area contributed by atoms with Gasteiger partial charge in [-0.25, -0.2) is 9.13 Å². The third kappa shape index (κ3) is 74.3. The summed E-state index contributed by atoms with van der Waals surface area (Å²) in [6.45, 7) is 11.9. The fourth-order valence-electron chi connectivity index (χ4n) is 12.5. The van der Waals surface area contributed by atoms with Crippen LogP contribution in [0.4, 0.5) is 0 Å². The molecule has 0 saturated heterocycles. The smallest absolute Gasteiger partial charge is 0.462 e. The maximum Gasteiger partial charge on any atom is 0.472 e. The van der Waals surface area contributed by atoms with Crippen LogP contribution in [-0.2, 0) is 65.4 Å². The summed E-state index contributed by atoms with van der Waals surface area (Å²) < 4.78 is 68.7. The van der Waals surface area contributed by atoms with E-state index in [2.05, 4.69) is 48.5 Å². The number of unbranched alkanes of at least 4 members (excludes halogenated alkanes) is 47. The van der Waals surface area contributed by atoms with Crippen molar-refractivity contribution in [2.45, 2.75) is 439 Å². The normalized spacial score (nSPS) is 14.0. The summed E-state index contributed by atoms with van der Waals surface area (Å²) in [5, 5.41) is 10.6. The number of rotatable bonds is 79. The lowest BCUT2D eigenvalue weighted by molar-refractivity contribution is -0.161. The highest BCUT2D eigenvalue weighted by molar-refractivity contribution is 7.47. The fourth-order valence-corrected chi connectivity index (χ4v) is 14.1. The zero-order valence-electron chi connectivity index (χ0n) is 65.7. The molecule has 0 aromatic carbocycles. The van der Waals surface area contributed by atoms with Gasteiger partial charge >= 0.3 is 39.5 Å². The number of hydrogen-bond acceptors (Lipinski definition) is 15. The van der Waals surface area contributed by atoms with Crippen molar-refractivity contribution in [1.82, 2.24) is 0 Å². The number of esters is 4. The van der Waals surface area contributed by atoms with Gasteiger partial charge in [-0.2, -0.15) is 0 Å². The zero-order valence-corrected chi connectivity index (χ0v) is 67.5. The van der Waals surface area contributed by atoms with Crippen LogP contribution >= 0.6 is 15.6 Å². The van der Waals surface area contributed by atoms with Crippen LogP contribution in [0.5, 0.6) is 0 Å². The van der Waals surface area contributed by atoms with Crippen LogP contribution in [0.25, 0.3) is 0 Å². The molecule has 19 heteroatoms. The van der Waals surface area contributed by atoms with Crippen LogP contribution < -0.4 is 0 Å². The Balaban J connectivity index is 5.21. The van der Waals surface area contributed by atoms with E-state index in [9.17, 15) is 43.2 Å². The topological polar surface area (TPSA) is 237 Å². The molecule has 0 aromatic rings. The Bertz CT molecular complexity index is 1940. The molecule has 100 heavy (non-hydrogen) atoms. The Morgan fingerprint density at radius 1 is 0.270 bits per heavy atom. The summed E-state index contributed by atoms with van der Waals surface area (Å²) in [6, 6.07) is 0. The molecule has 2 unspecified atom stereocenters. The van der Waals surface area contributed by atoms with Gasteiger partial charge in [-0.15, -0.1) is 0 Å². The maximum absolute atomic E-state index is 13.1. The van der Waals surface area contributed by atoms with Gasteiger partial charge in [0.2, 0.25) is 0 Å². The Morgan fingerprint density at radius 2 is 0.460 bits per heavy atom. The minimum Gasteiger partial charge on any atom is -0.462 e. The van der Waals surface area contributed by atoms with E-state index in [1.54, 1.807) is 0 Å². The van der Waals surface area contributed by atoms with Crippen LogP contribution in [0.1, 0.15) is 421 Å². The minimum atomic E-state index is -4.96. The molecule has 0 aliphatic heterocycles. The largest absolute Gasteiger partial charge is 0.472 e. The molecule has 0 aromatic heterocycles. The lowest BCUT2D eigenvalue weighted by Gasteiger charge is -2.21. The van der Waals surface area contributed by atoms with E-state index in [0.717, 1.165) is 108 Å². The molecule has 0 aliphatic carbocycles. The van der Waals surface area contributed by atoms with Gasteiger partial charge in [0.25, 0.3) is 0 Å². The second-order valence-electron chi connectivity index (χ2n) is 30.6. The summed E-state index contributed by atoms with van der Waals surface area (Å²) in [4.78, 5) is 73.0. The standard InChI is InChI=1S/C81H158O17P2/c1-8-9-10-11-12-13-14-15-16-17-18-19-20-23-27-30-36-41-50-57-64-80(85)97-76(68-91-78(83)62-55-48-40-35-29-26-24-21-22-25-28-33-38-45-52-59-72(2)3)70-95-99(87,88)93-66-75(82)67-94-100(89,90)96-71-77(69-92-79(84)63-56-49-44-43-47-54-61-74(6)7)98-81(86)65-58-51-42-37-32-31-34-39-46-53-60-73(4)5/h72-77,82H,8-71H2,1-7H3,(H,87,88)(H,89,90)/t75-,76-,77-/m1/s1. The van der Waals surface area contributed by atoms with Crippen LogP contribution in [0, 0.1) is 17.8 Å². The van der Waals surface area contributed by atoms with Gasteiger partial charge < -0.3 is 33.8 Å².